The lowest BCUT2D eigenvalue weighted by molar-refractivity contribution is -0.126. The minimum Gasteiger partial charge on any atom is -0.370 e. The zero-order valence-corrected chi connectivity index (χ0v) is 22.5. The summed E-state index contributed by atoms with van der Waals surface area (Å²) >= 11 is 1.36. The lowest BCUT2D eigenvalue weighted by Crippen LogP contribution is -2.49. The number of thioether (sulfide) groups is 1. The number of ketones is 1. The summed E-state index contributed by atoms with van der Waals surface area (Å²) in [6.45, 7) is 3.01. The fourth-order valence-electron chi connectivity index (χ4n) is 4.64. The molecular weight excluding hydrogens is 534 g/mol. The van der Waals surface area contributed by atoms with Crippen LogP contribution in [-0.4, -0.2) is 97.0 Å². The molecule has 2 fully saturated rings. The number of nitrogens with two attached hydrogens (primary N) is 2. The molecule has 0 spiro atoms. The van der Waals surface area contributed by atoms with Crippen molar-refractivity contribution < 1.29 is 18.0 Å². The Morgan fingerprint density at radius 2 is 2.05 bits per heavy atom. The molecule has 3 heterocycles. The van der Waals surface area contributed by atoms with Gasteiger partial charge in [0, 0.05) is 51.2 Å². The number of hydrogen-bond donors (Lipinski definition) is 5. The summed E-state index contributed by atoms with van der Waals surface area (Å²) < 4.78 is 28.7. The summed E-state index contributed by atoms with van der Waals surface area (Å²) in [4.78, 5) is 49.3. The Morgan fingerprint density at radius 1 is 1.29 bits per heavy atom. The number of nitrogens with one attached hydrogen (secondary N) is 3. The van der Waals surface area contributed by atoms with Crippen LogP contribution in [0.5, 0.6) is 0 Å². The maximum atomic E-state index is 13.3. The smallest absolute Gasteiger partial charge is 0.275 e. The molecule has 0 bridgehead atoms. The molecule has 2 unspecified atom stereocenters. The molecule has 16 heteroatoms. The average Bonchev–Trinajstić information content (AvgIpc) is 3.27. The van der Waals surface area contributed by atoms with Gasteiger partial charge in [-0.15, -0.1) is 11.8 Å². The van der Waals surface area contributed by atoms with E-state index in [0.29, 0.717) is 62.9 Å². The third-order valence-electron chi connectivity index (χ3n) is 6.59. The van der Waals surface area contributed by atoms with E-state index in [0.717, 1.165) is 4.57 Å². The van der Waals surface area contributed by atoms with Crippen LogP contribution in [0.1, 0.15) is 12.8 Å². The summed E-state index contributed by atoms with van der Waals surface area (Å²) in [5, 5.41) is 6.36. The molecule has 14 nitrogen and oxygen atoms in total. The minimum absolute atomic E-state index is 0.0508. The summed E-state index contributed by atoms with van der Waals surface area (Å²) in [5.41, 5.74) is 8.84. The van der Waals surface area contributed by atoms with Crippen molar-refractivity contribution in [1.29, 1.82) is 0 Å². The number of carbonyl (C=O) groups excluding carboxylic acids is 2. The van der Waals surface area contributed by atoms with E-state index in [2.05, 4.69) is 25.3 Å². The number of guanidine groups is 1. The van der Waals surface area contributed by atoms with Crippen LogP contribution in [0.2, 0.25) is 0 Å². The quantitative estimate of drug-likeness (QED) is 0.135. The van der Waals surface area contributed by atoms with E-state index in [4.69, 9.17) is 11.5 Å². The van der Waals surface area contributed by atoms with Gasteiger partial charge < -0.3 is 26.7 Å². The van der Waals surface area contributed by atoms with Crippen molar-refractivity contribution >= 4 is 50.2 Å². The van der Waals surface area contributed by atoms with Crippen LogP contribution in [0.4, 0.5) is 5.69 Å². The molecule has 38 heavy (non-hydrogen) atoms. The van der Waals surface area contributed by atoms with Crippen LogP contribution in [0.3, 0.4) is 0 Å². The zero-order valence-electron chi connectivity index (χ0n) is 20.9. The van der Waals surface area contributed by atoms with Crippen LogP contribution in [0.15, 0.2) is 33.1 Å². The van der Waals surface area contributed by atoms with Crippen LogP contribution in [-0.2, 0) is 26.2 Å². The molecular formula is C22H33N9O5S2. The van der Waals surface area contributed by atoms with Gasteiger partial charge in [-0.3, -0.25) is 34.0 Å². The highest BCUT2D eigenvalue weighted by molar-refractivity contribution is 8.16. The summed E-state index contributed by atoms with van der Waals surface area (Å²) in [5.74, 6) is -0.552. The minimum atomic E-state index is -3.82. The van der Waals surface area contributed by atoms with Gasteiger partial charge in [0.25, 0.3) is 5.56 Å². The SMILES string of the molecule is NC(N)=NCCC1CC1(NC(=O)Cn1cccc(NS(=O)(=O)CN2CCNCC2)c1=O)C(=O)C1=NCCS1. The van der Waals surface area contributed by atoms with Gasteiger partial charge in [-0.25, -0.2) is 8.42 Å². The number of aromatic nitrogens is 1. The Hall–Kier alpha value is -2.95. The van der Waals surface area contributed by atoms with Crippen LogP contribution in [0, 0.1) is 5.92 Å². The normalized spacial score (nSPS) is 23.4. The zero-order chi connectivity index (χ0) is 27.3. The molecule has 1 saturated carbocycles. The molecule has 208 valence electrons. The largest absolute Gasteiger partial charge is 0.370 e. The van der Waals surface area contributed by atoms with Crippen molar-refractivity contribution in [2.45, 2.75) is 24.9 Å². The van der Waals surface area contributed by atoms with Gasteiger partial charge in [-0.2, -0.15) is 0 Å². The van der Waals surface area contributed by atoms with Gasteiger partial charge in [0.05, 0.1) is 0 Å². The third-order valence-corrected chi connectivity index (χ3v) is 8.80. The third kappa shape index (κ3) is 6.92. The Morgan fingerprint density at radius 3 is 2.74 bits per heavy atom. The molecule has 1 aliphatic carbocycles. The molecule has 4 rings (SSSR count). The molecule has 7 N–H and O–H groups in total. The number of nitrogens with zero attached hydrogens (tertiary/aromatic N) is 4. The van der Waals surface area contributed by atoms with E-state index in [9.17, 15) is 22.8 Å². The molecule has 3 aliphatic rings. The van der Waals surface area contributed by atoms with E-state index in [1.807, 2.05) is 0 Å². The van der Waals surface area contributed by atoms with Gasteiger partial charge in [0.1, 0.15) is 28.7 Å². The van der Waals surface area contributed by atoms with Gasteiger partial charge in [0.2, 0.25) is 21.7 Å². The van der Waals surface area contributed by atoms with Crippen molar-refractivity contribution in [3.05, 3.63) is 28.7 Å². The van der Waals surface area contributed by atoms with Crippen LogP contribution < -0.4 is 32.4 Å². The predicted octanol–water partition coefficient (Wildman–Crippen LogP) is -2.29. The lowest BCUT2D eigenvalue weighted by Gasteiger charge is -2.26. The summed E-state index contributed by atoms with van der Waals surface area (Å²) in [7, 11) is -3.82. The molecule has 1 aromatic rings. The molecule has 2 atom stereocenters. The first-order valence-corrected chi connectivity index (χ1v) is 14.9. The second-order valence-corrected chi connectivity index (χ2v) is 12.2. The van der Waals surface area contributed by atoms with E-state index in [1.165, 1.54) is 30.1 Å². The number of amides is 1. The predicted molar refractivity (Wildman–Crippen MR) is 147 cm³/mol. The average molecular weight is 568 g/mol. The number of hydrogen-bond acceptors (Lipinski definition) is 10. The van der Waals surface area contributed by atoms with Crippen molar-refractivity contribution in [2.75, 3.05) is 55.6 Å². The number of Topliss-reactive ketones (excluding diaryl/α,β-unsaturated/α-hetero) is 1. The standard InChI is InChI=1S/C22H33N9O5S2/c23-21(24)27-4-3-15-12-22(15,18(33)19-26-7-11-37-19)28-17(32)13-31-8-1-2-16(20(31)34)29-38(35,36)14-30-9-5-25-6-10-30/h1-2,8,15,25,29H,3-7,9-14H2,(H,28,32)(H4,23,24,27). The Bertz CT molecular complexity index is 1290. The number of anilines is 1. The first-order chi connectivity index (χ1) is 18.1. The number of rotatable bonds is 12. The Balaban J connectivity index is 1.43. The lowest BCUT2D eigenvalue weighted by atomic mass is 10.1. The molecule has 0 radical (unpaired) electrons. The highest BCUT2D eigenvalue weighted by Crippen LogP contribution is 2.48. The molecule has 1 saturated heterocycles. The van der Waals surface area contributed by atoms with E-state index < -0.39 is 27.0 Å². The molecule has 1 amide bonds. The molecule has 1 aromatic heterocycles. The fourth-order valence-corrected chi connectivity index (χ4v) is 6.81. The van der Waals surface area contributed by atoms with E-state index in [-0.39, 0.29) is 35.8 Å². The monoisotopic (exact) mass is 567 g/mol. The van der Waals surface area contributed by atoms with Crippen LogP contribution >= 0.6 is 11.8 Å². The van der Waals surface area contributed by atoms with Gasteiger partial charge in [0.15, 0.2) is 5.96 Å². The summed E-state index contributed by atoms with van der Waals surface area (Å²) in [6.07, 6.45) is 2.30. The second-order valence-electron chi connectivity index (χ2n) is 9.45. The molecule has 2 aliphatic heterocycles. The van der Waals surface area contributed by atoms with Crippen LogP contribution in [0.25, 0.3) is 0 Å². The second kappa shape index (κ2) is 11.8. The summed E-state index contributed by atoms with van der Waals surface area (Å²) in [6, 6.07) is 2.84. The van der Waals surface area contributed by atoms with Crippen molar-refractivity contribution in [3.8, 4) is 0 Å². The van der Waals surface area contributed by atoms with Gasteiger partial charge in [-0.1, -0.05) is 0 Å². The Labute approximate surface area is 224 Å². The van der Waals surface area contributed by atoms with Gasteiger partial charge >= 0.3 is 0 Å². The van der Waals surface area contributed by atoms with E-state index >= 15 is 0 Å². The van der Waals surface area contributed by atoms with Gasteiger partial charge in [-0.05, 0) is 30.9 Å². The highest BCUT2D eigenvalue weighted by Gasteiger charge is 2.61. The van der Waals surface area contributed by atoms with E-state index in [1.54, 1.807) is 4.90 Å². The number of piperazine rings is 1. The number of pyridine rings is 1. The van der Waals surface area contributed by atoms with Crippen molar-refractivity contribution in [2.24, 2.45) is 27.4 Å². The fraction of sp³-hybridized carbons (Fsp3) is 0.591. The number of sulfonamides is 1. The Kier molecular flexibility index (Phi) is 8.74. The maximum absolute atomic E-state index is 13.3. The molecule has 0 aromatic carbocycles. The highest BCUT2D eigenvalue weighted by atomic mass is 32.2. The maximum Gasteiger partial charge on any atom is 0.275 e. The van der Waals surface area contributed by atoms with Crippen molar-refractivity contribution in [3.63, 3.8) is 0 Å². The number of aliphatic imine (C=N–C) groups is 2. The first-order valence-electron chi connectivity index (χ1n) is 12.3. The number of carbonyl (C=O) groups is 2. The topological polar surface area (TPSA) is 206 Å². The van der Waals surface area contributed by atoms with Crippen molar-refractivity contribution in [1.82, 2.24) is 20.1 Å². The first kappa shape index (κ1) is 28.1.